The number of unbranched alkanes of at least 4 members (excludes halogenated alkanes) is 1. The van der Waals surface area contributed by atoms with Gasteiger partial charge in [-0.05, 0) is 20.3 Å². The third-order valence-corrected chi connectivity index (χ3v) is 0.855. The lowest BCUT2D eigenvalue weighted by Gasteiger charge is -2.02. The van der Waals surface area contributed by atoms with Gasteiger partial charge in [-0.25, -0.2) is 0 Å². The fourth-order valence-electron chi connectivity index (χ4n) is 0.398. The van der Waals surface area contributed by atoms with Gasteiger partial charge in [-0.3, -0.25) is 0 Å². The molecule has 0 aliphatic heterocycles. The summed E-state index contributed by atoms with van der Waals surface area (Å²) in [6.07, 6.45) is 2.07. The summed E-state index contributed by atoms with van der Waals surface area (Å²) < 4.78 is 0. The molecule has 1 heteroatoms. The molecule has 0 saturated heterocycles. The van der Waals surface area contributed by atoms with Gasteiger partial charge in [-0.15, -0.1) is 17.5 Å². The molecular weight excluding hydrogens is 132 g/mol. The molecule has 0 heterocycles. The van der Waals surface area contributed by atoms with Gasteiger partial charge in [0.1, 0.15) is 0 Å². The van der Waals surface area contributed by atoms with Crippen LogP contribution in [0.15, 0.2) is 0 Å². The minimum absolute atomic E-state index is 0.338. The van der Waals surface area contributed by atoms with Crippen LogP contribution >= 0.6 is 11.6 Å². The Morgan fingerprint density at radius 2 is 2.00 bits per heavy atom. The Kier molecular flexibility index (Phi) is 3.73. The fraction of sp³-hybridized carbons (Fsp3) is 0.750. The largest absolute Gasteiger partial charge is 0.106 e. The van der Waals surface area contributed by atoms with Crippen molar-refractivity contribution in [3.63, 3.8) is 0 Å². The predicted octanol–water partition coefficient (Wildman–Crippen LogP) is 2.81. The number of hydrogen-bond acceptors (Lipinski definition) is 0. The second-order valence-electron chi connectivity index (χ2n) is 2.52. The van der Waals surface area contributed by atoms with Gasteiger partial charge in [-0.1, -0.05) is 12.8 Å². The molecule has 0 aliphatic rings. The molecule has 52 valence electrons. The Balaban J connectivity index is 3.59. The summed E-state index contributed by atoms with van der Waals surface area (Å²) >= 11 is 5.80. The highest BCUT2D eigenvalue weighted by Crippen LogP contribution is 2.09. The molecule has 0 amide bonds. The van der Waals surface area contributed by atoms with Crippen LogP contribution in [0.4, 0.5) is 0 Å². The molecular formula is C8H13Cl. The average Bonchev–Trinajstić information content (AvgIpc) is 1.63. The van der Waals surface area contributed by atoms with Gasteiger partial charge in [0.25, 0.3) is 0 Å². The van der Waals surface area contributed by atoms with E-state index >= 15 is 0 Å². The van der Waals surface area contributed by atoms with E-state index in [-0.39, 0.29) is 4.87 Å². The van der Waals surface area contributed by atoms with E-state index in [4.69, 9.17) is 11.6 Å². The summed E-state index contributed by atoms with van der Waals surface area (Å²) in [4.78, 5) is -0.338. The van der Waals surface area contributed by atoms with Gasteiger partial charge in [0.2, 0.25) is 0 Å². The molecule has 0 aromatic heterocycles. The van der Waals surface area contributed by atoms with Crippen LogP contribution in [0.25, 0.3) is 0 Å². The monoisotopic (exact) mass is 144 g/mol. The predicted molar refractivity (Wildman–Crippen MR) is 42.6 cm³/mol. The third kappa shape index (κ3) is 7.85. The Bertz CT molecular complexity index is 120. The first-order valence-corrected chi connectivity index (χ1v) is 3.63. The fourth-order valence-corrected chi connectivity index (χ4v) is 0.464. The molecule has 0 atom stereocenters. The maximum atomic E-state index is 5.80. The molecule has 0 aliphatic carbocycles. The van der Waals surface area contributed by atoms with Crippen LogP contribution in [-0.2, 0) is 0 Å². The van der Waals surface area contributed by atoms with E-state index in [9.17, 15) is 0 Å². The summed E-state index contributed by atoms with van der Waals surface area (Å²) in [7, 11) is 0. The van der Waals surface area contributed by atoms with Crippen LogP contribution in [0, 0.1) is 11.8 Å². The van der Waals surface area contributed by atoms with Gasteiger partial charge < -0.3 is 0 Å². The second kappa shape index (κ2) is 3.80. The lowest BCUT2D eigenvalue weighted by Crippen LogP contribution is -2.04. The SMILES string of the molecule is CCCC#CC(C)(C)Cl. The van der Waals surface area contributed by atoms with Crippen molar-refractivity contribution in [2.75, 3.05) is 0 Å². The van der Waals surface area contributed by atoms with Crippen molar-refractivity contribution in [2.24, 2.45) is 0 Å². The summed E-state index contributed by atoms with van der Waals surface area (Å²) in [6, 6.07) is 0. The molecule has 9 heavy (non-hydrogen) atoms. The van der Waals surface area contributed by atoms with Crippen LogP contribution in [0.1, 0.15) is 33.6 Å². The summed E-state index contributed by atoms with van der Waals surface area (Å²) in [5, 5.41) is 0. The topological polar surface area (TPSA) is 0 Å². The van der Waals surface area contributed by atoms with Crippen molar-refractivity contribution in [1.29, 1.82) is 0 Å². The highest BCUT2D eigenvalue weighted by molar-refractivity contribution is 6.25. The van der Waals surface area contributed by atoms with E-state index in [1.165, 1.54) is 0 Å². The smallest absolute Gasteiger partial charge is 0.0993 e. The minimum Gasteiger partial charge on any atom is -0.106 e. The molecule has 0 rings (SSSR count). The van der Waals surface area contributed by atoms with Crippen LogP contribution in [0.3, 0.4) is 0 Å². The molecule has 0 aromatic carbocycles. The lowest BCUT2D eigenvalue weighted by molar-refractivity contribution is 0.908. The first-order valence-electron chi connectivity index (χ1n) is 3.25. The van der Waals surface area contributed by atoms with Gasteiger partial charge in [0.15, 0.2) is 0 Å². The Labute approximate surface area is 62.6 Å². The summed E-state index contributed by atoms with van der Waals surface area (Å²) in [6.45, 7) is 5.91. The van der Waals surface area contributed by atoms with Gasteiger partial charge in [0, 0.05) is 6.42 Å². The molecule has 0 fully saturated rings. The third-order valence-electron chi connectivity index (χ3n) is 0.761. The van der Waals surface area contributed by atoms with Crippen LogP contribution in [-0.4, -0.2) is 4.87 Å². The van der Waals surface area contributed by atoms with Gasteiger partial charge in [-0.2, -0.15) is 0 Å². The van der Waals surface area contributed by atoms with E-state index in [2.05, 4.69) is 18.8 Å². The number of hydrogen-bond donors (Lipinski definition) is 0. The Morgan fingerprint density at radius 3 is 2.33 bits per heavy atom. The summed E-state index contributed by atoms with van der Waals surface area (Å²) in [5.74, 6) is 5.93. The highest BCUT2D eigenvalue weighted by atomic mass is 35.5. The van der Waals surface area contributed by atoms with Crippen molar-refractivity contribution in [3.8, 4) is 11.8 Å². The molecule has 0 N–H and O–H groups in total. The number of rotatable bonds is 1. The van der Waals surface area contributed by atoms with E-state index in [0.717, 1.165) is 12.8 Å². The molecule has 0 radical (unpaired) electrons. The summed E-state index contributed by atoms with van der Waals surface area (Å²) in [5.41, 5.74) is 0. The first kappa shape index (κ1) is 8.85. The van der Waals surface area contributed by atoms with Gasteiger partial charge in [0.05, 0.1) is 4.87 Å². The molecule has 0 unspecified atom stereocenters. The average molecular weight is 145 g/mol. The second-order valence-corrected chi connectivity index (χ2v) is 3.47. The molecule has 0 spiro atoms. The zero-order valence-electron chi connectivity index (χ0n) is 6.29. The van der Waals surface area contributed by atoms with Crippen LogP contribution in [0.2, 0.25) is 0 Å². The van der Waals surface area contributed by atoms with Crippen molar-refractivity contribution < 1.29 is 0 Å². The Morgan fingerprint density at radius 1 is 1.44 bits per heavy atom. The van der Waals surface area contributed by atoms with E-state index < -0.39 is 0 Å². The Hall–Kier alpha value is -0.150. The maximum absolute atomic E-state index is 5.80. The maximum Gasteiger partial charge on any atom is 0.0993 e. The normalized spacial score (nSPS) is 10.2. The molecule has 0 saturated carbocycles. The molecule has 0 aromatic rings. The standard InChI is InChI=1S/C8H13Cl/c1-4-5-6-7-8(2,3)9/h4-5H2,1-3H3. The van der Waals surface area contributed by atoms with Gasteiger partial charge >= 0.3 is 0 Å². The lowest BCUT2D eigenvalue weighted by atomic mass is 10.2. The van der Waals surface area contributed by atoms with E-state index in [1.807, 2.05) is 13.8 Å². The van der Waals surface area contributed by atoms with Crippen molar-refractivity contribution in [3.05, 3.63) is 0 Å². The first-order chi connectivity index (χ1) is 4.06. The highest BCUT2D eigenvalue weighted by Gasteiger charge is 2.05. The van der Waals surface area contributed by atoms with Crippen molar-refractivity contribution in [1.82, 2.24) is 0 Å². The van der Waals surface area contributed by atoms with E-state index in [1.54, 1.807) is 0 Å². The molecule has 0 nitrogen and oxygen atoms in total. The van der Waals surface area contributed by atoms with Crippen molar-refractivity contribution in [2.45, 2.75) is 38.5 Å². The molecule has 0 bridgehead atoms. The van der Waals surface area contributed by atoms with E-state index in [0.29, 0.717) is 0 Å². The minimum atomic E-state index is -0.338. The number of alkyl halides is 1. The van der Waals surface area contributed by atoms with Crippen LogP contribution in [0.5, 0.6) is 0 Å². The quantitative estimate of drug-likeness (QED) is 0.392. The number of halogens is 1. The zero-order valence-corrected chi connectivity index (χ0v) is 7.05. The van der Waals surface area contributed by atoms with Crippen molar-refractivity contribution >= 4 is 11.6 Å². The van der Waals surface area contributed by atoms with Crippen LogP contribution < -0.4 is 0 Å². The zero-order chi connectivity index (χ0) is 7.33.